The zero-order chi connectivity index (χ0) is 23.2. The Kier molecular flexibility index (Phi) is 6.78. The van der Waals surface area contributed by atoms with Gasteiger partial charge in [0, 0.05) is 67.5 Å². The van der Waals surface area contributed by atoms with Gasteiger partial charge in [-0.1, -0.05) is 24.3 Å². The fraction of sp³-hybridized carbons (Fsp3) is 0.321. The highest BCUT2D eigenvalue weighted by atomic mass is 35.5. The van der Waals surface area contributed by atoms with Gasteiger partial charge >= 0.3 is 0 Å². The fourth-order valence-corrected chi connectivity index (χ4v) is 5.26. The van der Waals surface area contributed by atoms with E-state index in [4.69, 9.17) is 25.5 Å². The standard InChI is InChI=1S/C28H28ClN2O3.ClH/c1-32-21-14-30(15-21)19-7-9-24-26(11-19)34-27-12-20(31-16-22(17-31)33-2)8-10-25(27)28(24)23-6-4-3-5-18(23)13-29;/h3-12,21-22H,13-17H2,1-2H3;1H/q+1;/p-1. The van der Waals surface area contributed by atoms with E-state index in [2.05, 4.69) is 64.1 Å². The summed E-state index contributed by atoms with van der Waals surface area (Å²) in [5.41, 5.74) is 6.55. The number of anilines is 1. The van der Waals surface area contributed by atoms with Gasteiger partial charge < -0.3 is 31.2 Å². The van der Waals surface area contributed by atoms with Gasteiger partial charge in [0.25, 0.3) is 0 Å². The Labute approximate surface area is 216 Å². The summed E-state index contributed by atoms with van der Waals surface area (Å²) in [6.45, 7) is 3.60. The maximum absolute atomic E-state index is 6.56. The molecule has 0 N–H and O–H groups in total. The Bertz CT molecular complexity index is 1400. The van der Waals surface area contributed by atoms with Crippen LogP contribution >= 0.6 is 11.6 Å². The monoisotopic (exact) mass is 510 g/mol. The Morgan fingerprint density at radius 3 is 2.46 bits per heavy atom. The van der Waals surface area contributed by atoms with Crippen LogP contribution in [-0.4, -0.2) is 52.6 Å². The minimum absolute atomic E-state index is 0. The lowest BCUT2D eigenvalue weighted by Crippen LogP contribution is -3.00. The molecule has 0 amide bonds. The average molecular weight is 511 g/mol. The molecular weight excluding hydrogens is 483 g/mol. The second-order valence-electron chi connectivity index (χ2n) is 9.15. The molecule has 35 heavy (non-hydrogen) atoms. The van der Waals surface area contributed by atoms with Gasteiger partial charge in [-0.3, -0.25) is 0 Å². The van der Waals surface area contributed by atoms with E-state index in [0.717, 1.165) is 70.6 Å². The summed E-state index contributed by atoms with van der Waals surface area (Å²) < 4.78 is 19.8. The summed E-state index contributed by atoms with van der Waals surface area (Å²) in [4.78, 5) is 2.32. The van der Waals surface area contributed by atoms with Crippen molar-refractivity contribution in [2.45, 2.75) is 18.1 Å². The first-order valence-corrected chi connectivity index (χ1v) is 12.3. The van der Waals surface area contributed by atoms with Crippen molar-refractivity contribution in [2.24, 2.45) is 0 Å². The first kappa shape index (κ1) is 24.1. The summed E-state index contributed by atoms with van der Waals surface area (Å²) >= 11 is 6.37. The Balaban J connectivity index is 0.00000253. The molecule has 0 unspecified atom stereocenters. The highest BCUT2D eigenvalue weighted by Gasteiger charge is 2.32. The Morgan fingerprint density at radius 2 is 1.71 bits per heavy atom. The lowest BCUT2D eigenvalue weighted by molar-refractivity contribution is -0.0000103. The van der Waals surface area contributed by atoms with Crippen LogP contribution in [0.2, 0.25) is 0 Å². The van der Waals surface area contributed by atoms with Gasteiger partial charge in [-0.15, -0.1) is 11.6 Å². The molecule has 7 heteroatoms. The van der Waals surface area contributed by atoms with Crippen LogP contribution in [0.5, 0.6) is 0 Å². The van der Waals surface area contributed by atoms with Crippen molar-refractivity contribution in [3.8, 4) is 22.5 Å². The molecule has 2 aromatic carbocycles. The van der Waals surface area contributed by atoms with Crippen LogP contribution in [0.25, 0.3) is 33.4 Å². The fourth-order valence-electron chi connectivity index (χ4n) is 5.03. The van der Waals surface area contributed by atoms with Crippen molar-refractivity contribution < 1.29 is 26.3 Å². The van der Waals surface area contributed by atoms with Crippen LogP contribution in [0.1, 0.15) is 5.56 Å². The van der Waals surface area contributed by atoms with E-state index < -0.39 is 0 Å². The van der Waals surface area contributed by atoms with E-state index >= 15 is 0 Å². The molecule has 4 aliphatic rings. The van der Waals surface area contributed by atoms with Crippen LogP contribution in [0.4, 0.5) is 5.69 Å². The molecule has 2 aromatic rings. The molecule has 182 valence electrons. The van der Waals surface area contributed by atoms with Crippen molar-refractivity contribution in [1.29, 1.82) is 0 Å². The Hall–Kier alpha value is -2.57. The lowest BCUT2D eigenvalue weighted by Gasteiger charge is -2.40. The minimum atomic E-state index is 0. The molecule has 5 nitrogen and oxygen atoms in total. The van der Waals surface area contributed by atoms with Gasteiger partial charge in [-0.05, 0) is 29.3 Å². The molecule has 6 rings (SSSR count). The Morgan fingerprint density at radius 1 is 0.943 bits per heavy atom. The predicted molar refractivity (Wildman–Crippen MR) is 137 cm³/mol. The third-order valence-corrected chi connectivity index (χ3v) is 7.50. The SMILES string of the molecule is COC1CN(c2ccc3c(-c4ccccc4CCl)c4ccc(=[N+]5CC(OC)C5)cc-4oc3c2)C1.[Cl-]. The second-order valence-corrected chi connectivity index (χ2v) is 9.42. The van der Waals surface area contributed by atoms with Gasteiger partial charge in [0.15, 0.2) is 19.2 Å². The van der Waals surface area contributed by atoms with E-state index in [1.807, 2.05) is 6.07 Å². The summed E-state index contributed by atoms with van der Waals surface area (Å²) in [5, 5.41) is 2.25. The summed E-state index contributed by atoms with van der Waals surface area (Å²) in [6.07, 6.45) is 0.593. The number of methoxy groups -OCH3 is 2. The lowest BCUT2D eigenvalue weighted by atomic mass is 9.91. The molecular formula is C28H28Cl2N2O3. The van der Waals surface area contributed by atoms with Crippen LogP contribution in [-0.2, 0) is 15.4 Å². The minimum Gasteiger partial charge on any atom is -1.00 e. The van der Waals surface area contributed by atoms with Crippen molar-refractivity contribution in [2.75, 3.05) is 45.3 Å². The van der Waals surface area contributed by atoms with Crippen LogP contribution in [0.3, 0.4) is 0 Å². The summed E-state index contributed by atoms with van der Waals surface area (Å²) in [7, 11) is 3.55. The van der Waals surface area contributed by atoms with E-state index in [1.165, 1.54) is 5.56 Å². The van der Waals surface area contributed by atoms with Crippen LogP contribution in [0, 0.1) is 0 Å². The molecule has 2 fully saturated rings. The zero-order valence-corrected chi connectivity index (χ0v) is 21.4. The van der Waals surface area contributed by atoms with Crippen molar-refractivity contribution in [3.63, 3.8) is 0 Å². The average Bonchev–Trinajstić information content (AvgIpc) is 2.81. The van der Waals surface area contributed by atoms with Crippen molar-refractivity contribution in [3.05, 3.63) is 71.6 Å². The number of hydrogen-bond acceptors (Lipinski definition) is 4. The maximum atomic E-state index is 6.56. The van der Waals surface area contributed by atoms with Gasteiger partial charge in [0.05, 0.1) is 12.2 Å². The second kappa shape index (κ2) is 9.82. The number of benzene rings is 3. The van der Waals surface area contributed by atoms with Gasteiger partial charge in [-0.25, -0.2) is 4.58 Å². The highest BCUT2D eigenvalue weighted by Crippen LogP contribution is 2.42. The number of nitrogens with zero attached hydrogens (tertiary/aromatic N) is 2. The number of hydrogen-bond donors (Lipinski definition) is 0. The third kappa shape index (κ3) is 4.21. The van der Waals surface area contributed by atoms with Crippen LogP contribution in [0.15, 0.2) is 65.1 Å². The van der Waals surface area contributed by atoms with Crippen molar-refractivity contribution in [1.82, 2.24) is 4.58 Å². The number of rotatable bonds is 5. The molecule has 2 saturated heterocycles. The summed E-state index contributed by atoms with van der Waals surface area (Å²) in [5.74, 6) is 1.33. The van der Waals surface area contributed by atoms with Gasteiger partial charge in [-0.2, -0.15) is 0 Å². The largest absolute Gasteiger partial charge is 1.00 e. The molecule has 0 radical (unpaired) electrons. The smallest absolute Gasteiger partial charge is 0.203 e. The highest BCUT2D eigenvalue weighted by molar-refractivity contribution is 6.18. The topological polar surface area (TPSA) is 37.9 Å². The van der Waals surface area contributed by atoms with Crippen LogP contribution < -0.4 is 27.2 Å². The molecule has 1 aliphatic carbocycles. The van der Waals surface area contributed by atoms with Gasteiger partial charge in [0.1, 0.15) is 11.3 Å². The molecule has 0 spiro atoms. The van der Waals surface area contributed by atoms with E-state index in [1.54, 1.807) is 14.2 Å². The number of fused-ring (bicyclic) bond motifs is 2. The molecule has 3 heterocycles. The quantitative estimate of drug-likeness (QED) is 0.232. The predicted octanol–water partition coefficient (Wildman–Crippen LogP) is 1.58. The van der Waals surface area contributed by atoms with E-state index in [9.17, 15) is 0 Å². The van der Waals surface area contributed by atoms with Crippen molar-refractivity contribution >= 4 is 28.3 Å². The van der Waals surface area contributed by atoms with E-state index in [0.29, 0.717) is 18.1 Å². The first-order chi connectivity index (χ1) is 16.7. The molecule has 0 bridgehead atoms. The molecule has 0 atom stereocenters. The third-order valence-electron chi connectivity index (χ3n) is 7.21. The first-order valence-electron chi connectivity index (χ1n) is 11.7. The van der Waals surface area contributed by atoms with Gasteiger partial charge in [0.2, 0.25) is 5.36 Å². The molecule has 0 saturated carbocycles. The normalized spacial score (nSPS) is 17.9. The zero-order valence-electron chi connectivity index (χ0n) is 19.8. The summed E-state index contributed by atoms with van der Waals surface area (Å²) in [6, 6.07) is 21.4. The van der Waals surface area contributed by atoms with E-state index in [-0.39, 0.29) is 12.4 Å². The number of halogens is 2. The maximum Gasteiger partial charge on any atom is 0.203 e. The number of ether oxygens (including phenoxy) is 2. The molecule has 0 aromatic heterocycles. The molecule has 3 aliphatic heterocycles. The number of alkyl halides is 1.